The fourth-order valence-corrected chi connectivity index (χ4v) is 5.58. The molecule has 1 saturated carbocycles. The van der Waals surface area contributed by atoms with Crippen molar-refractivity contribution in [2.75, 3.05) is 13.7 Å². The van der Waals surface area contributed by atoms with Crippen molar-refractivity contribution in [2.24, 2.45) is 5.92 Å². The van der Waals surface area contributed by atoms with Gasteiger partial charge in [-0.2, -0.15) is 0 Å². The minimum Gasteiger partial charge on any atom is -0.497 e. The molecule has 194 valence electrons. The summed E-state index contributed by atoms with van der Waals surface area (Å²) in [6, 6.07) is 13.3. The largest absolute Gasteiger partial charge is 0.497 e. The molecule has 3 aromatic heterocycles. The van der Waals surface area contributed by atoms with Gasteiger partial charge in [0.2, 0.25) is 0 Å². The van der Waals surface area contributed by atoms with Gasteiger partial charge in [0.05, 0.1) is 36.9 Å². The Hall–Kier alpha value is -3.52. The van der Waals surface area contributed by atoms with Gasteiger partial charge < -0.3 is 23.8 Å². The third-order valence-electron chi connectivity index (χ3n) is 7.02. The van der Waals surface area contributed by atoms with E-state index >= 15 is 0 Å². The van der Waals surface area contributed by atoms with Gasteiger partial charge in [0, 0.05) is 17.6 Å². The van der Waals surface area contributed by atoms with Gasteiger partial charge in [-0.3, -0.25) is 4.79 Å². The van der Waals surface area contributed by atoms with E-state index in [9.17, 15) is 4.79 Å². The van der Waals surface area contributed by atoms with Gasteiger partial charge in [0.1, 0.15) is 28.9 Å². The van der Waals surface area contributed by atoms with Crippen LogP contribution < -0.4 is 14.8 Å². The molecule has 4 aromatic rings. The standard InChI is InChI=1S/C29H33N3O4S/c1-20-25(29(33)30-16-21-7-4-3-5-8-21)15-27(32(20)17-24-9-6-14-35-24)26-19-37-28(31-26)18-36-23-12-10-22(34-2)11-13-23/h6,9-15,19,21H,3-5,7-8,16-18H2,1-2H3,(H,30,33). The van der Waals surface area contributed by atoms with Crippen LogP contribution in [0, 0.1) is 12.8 Å². The number of benzene rings is 1. The summed E-state index contributed by atoms with van der Waals surface area (Å²) in [5, 5.41) is 6.07. The van der Waals surface area contributed by atoms with Crippen LogP contribution in [0.15, 0.2) is 58.5 Å². The second kappa shape index (κ2) is 11.7. The molecular weight excluding hydrogens is 486 g/mol. The second-order valence-corrected chi connectivity index (χ2v) is 10.4. The Labute approximate surface area is 221 Å². The van der Waals surface area contributed by atoms with Crippen molar-refractivity contribution in [3.8, 4) is 22.9 Å². The summed E-state index contributed by atoms with van der Waals surface area (Å²) in [4.78, 5) is 18.1. The van der Waals surface area contributed by atoms with Gasteiger partial charge in [-0.05, 0) is 68.1 Å². The zero-order valence-corrected chi connectivity index (χ0v) is 22.2. The first-order valence-corrected chi connectivity index (χ1v) is 13.7. The molecule has 0 saturated heterocycles. The molecule has 0 unspecified atom stereocenters. The highest BCUT2D eigenvalue weighted by atomic mass is 32.1. The van der Waals surface area contributed by atoms with E-state index in [2.05, 4.69) is 9.88 Å². The van der Waals surface area contributed by atoms with E-state index in [4.69, 9.17) is 18.9 Å². The predicted molar refractivity (Wildman–Crippen MR) is 144 cm³/mol. The minimum absolute atomic E-state index is 0.0270. The van der Waals surface area contributed by atoms with Crippen LogP contribution in [0.1, 0.15) is 58.9 Å². The number of ether oxygens (including phenoxy) is 2. The number of carbonyl (C=O) groups is 1. The fraction of sp³-hybridized carbons (Fsp3) is 0.379. The van der Waals surface area contributed by atoms with Crippen LogP contribution in [-0.4, -0.2) is 29.1 Å². The molecule has 0 radical (unpaired) electrons. The molecule has 37 heavy (non-hydrogen) atoms. The van der Waals surface area contributed by atoms with E-state index in [-0.39, 0.29) is 5.91 Å². The Morgan fingerprint density at radius 3 is 2.68 bits per heavy atom. The van der Waals surface area contributed by atoms with Crippen molar-refractivity contribution in [1.82, 2.24) is 14.9 Å². The summed E-state index contributed by atoms with van der Waals surface area (Å²) in [6.45, 7) is 3.62. The van der Waals surface area contributed by atoms with E-state index in [1.54, 1.807) is 24.7 Å². The zero-order chi connectivity index (χ0) is 25.6. The number of nitrogens with zero attached hydrogens (tertiary/aromatic N) is 2. The van der Waals surface area contributed by atoms with Crippen LogP contribution in [0.4, 0.5) is 0 Å². The average molecular weight is 520 g/mol. The molecule has 5 rings (SSSR count). The third kappa shape index (κ3) is 6.07. The molecule has 0 bridgehead atoms. The van der Waals surface area contributed by atoms with E-state index in [1.807, 2.05) is 54.8 Å². The van der Waals surface area contributed by atoms with Gasteiger partial charge in [-0.1, -0.05) is 19.3 Å². The number of carbonyl (C=O) groups excluding carboxylic acids is 1. The first-order valence-electron chi connectivity index (χ1n) is 12.8. The van der Waals surface area contributed by atoms with E-state index in [0.717, 1.165) is 45.9 Å². The van der Waals surface area contributed by atoms with Gasteiger partial charge >= 0.3 is 0 Å². The smallest absolute Gasteiger partial charge is 0.253 e. The molecule has 0 atom stereocenters. The number of methoxy groups -OCH3 is 1. The number of amides is 1. The van der Waals surface area contributed by atoms with Crippen molar-refractivity contribution < 1.29 is 18.7 Å². The molecule has 1 aromatic carbocycles. The number of hydrogen-bond donors (Lipinski definition) is 1. The predicted octanol–water partition coefficient (Wildman–Crippen LogP) is 6.46. The molecule has 1 fully saturated rings. The SMILES string of the molecule is COc1ccc(OCc2nc(-c3cc(C(=O)NCC4CCCCC4)c(C)n3Cc3ccco3)cs2)cc1. The summed E-state index contributed by atoms with van der Waals surface area (Å²) in [7, 11) is 1.64. The molecule has 7 nitrogen and oxygen atoms in total. The lowest BCUT2D eigenvalue weighted by atomic mass is 9.89. The molecule has 8 heteroatoms. The number of hydrogen-bond acceptors (Lipinski definition) is 6. The van der Waals surface area contributed by atoms with Gasteiger partial charge in [0.25, 0.3) is 5.91 Å². The Balaban J connectivity index is 1.34. The molecular formula is C29H33N3O4S. The lowest BCUT2D eigenvalue weighted by molar-refractivity contribution is 0.0943. The maximum absolute atomic E-state index is 13.2. The van der Waals surface area contributed by atoms with Crippen LogP contribution >= 0.6 is 11.3 Å². The van der Waals surface area contributed by atoms with Crippen molar-refractivity contribution in [3.05, 3.63) is 76.1 Å². The topological polar surface area (TPSA) is 78.5 Å². The highest BCUT2D eigenvalue weighted by Crippen LogP contribution is 2.30. The molecule has 1 aliphatic rings. The highest BCUT2D eigenvalue weighted by Gasteiger charge is 2.22. The Bertz CT molecular complexity index is 1300. The van der Waals surface area contributed by atoms with Crippen LogP contribution in [0.2, 0.25) is 0 Å². The Kier molecular flexibility index (Phi) is 7.94. The number of furan rings is 1. The van der Waals surface area contributed by atoms with Crippen molar-refractivity contribution in [3.63, 3.8) is 0 Å². The maximum Gasteiger partial charge on any atom is 0.253 e. The normalized spacial score (nSPS) is 14.0. The van der Waals surface area contributed by atoms with Crippen LogP contribution in [0.25, 0.3) is 11.4 Å². The lowest BCUT2D eigenvalue weighted by Gasteiger charge is -2.21. The fourth-order valence-electron chi connectivity index (χ4n) is 4.88. The number of nitrogens with one attached hydrogen (secondary N) is 1. The van der Waals surface area contributed by atoms with Crippen molar-refractivity contribution >= 4 is 17.2 Å². The lowest BCUT2D eigenvalue weighted by Crippen LogP contribution is -2.30. The number of thiazole rings is 1. The van der Waals surface area contributed by atoms with Crippen molar-refractivity contribution in [2.45, 2.75) is 52.2 Å². The van der Waals surface area contributed by atoms with E-state index < -0.39 is 0 Å². The molecule has 0 aliphatic heterocycles. The Morgan fingerprint density at radius 2 is 1.95 bits per heavy atom. The summed E-state index contributed by atoms with van der Waals surface area (Å²) in [5.74, 6) is 2.92. The molecule has 1 N–H and O–H groups in total. The molecule has 1 aliphatic carbocycles. The summed E-state index contributed by atoms with van der Waals surface area (Å²) < 4.78 is 18.9. The summed E-state index contributed by atoms with van der Waals surface area (Å²) >= 11 is 1.54. The monoisotopic (exact) mass is 519 g/mol. The quantitative estimate of drug-likeness (QED) is 0.260. The van der Waals surface area contributed by atoms with Crippen molar-refractivity contribution in [1.29, 1.82) is 0 Å². The molecule has 3 heterocycles. The molecule has 1 amide bonds. The molecule has 0 spiro atoms. The second-order valence-electron chi connectivity index (χ2n) is 9.50. The van der Waals surface area contributed by atoms with Gasteiger partial charge in [-0.15, -0.1) is 11.3 Å². The first kappa shape index (κ1) is 25.1. The van der Waals surface area contributed by atoms with Crippen LogP contribution in [0.3, 0.4) is 0 Å². The summed E-state index contributed by atoms with van der Waals surface area (Å²) in [5.41, 5.74) is 3.29. The Morgan fingerprint density at radius 1 is 1.16 bits per heavy atom. The third-order valence-corrected chi connectivity index (χ3v) is 7.84. The number of aromatic nitrogens is 2. The van der Waals surface area contributed by atoms with E-state index in [1.165, 1.54) is 32.1 Å². The van der Waals surface area contributed by atoms with Crippen LogP contribution in [0.5, 0.6) is 11.5 Å². The minimum atomic E-state index is -0.0270. The van der Waals surface area contributed by atoms with Gasteiger partial charge in [0.15, 0.2) is 0 Å². The summed E-state index contributed by atoms with van der Waals surface area (Å²) in [6.07, 6.45) is 7.90. The van der Waals surface area contributed by atoms with E-state index in [0.29, 0.717) is 24.6 Å². The van der Waals surface area contributed by atoms with Gasteiger partial charge in [-0.25, -0.2) is 4.98 Å². The number of rotatable bonds is 10. The highest BCUT2D eigenvalue weighted by molar-refractivity contribution is 7.09. The maximum atomic E-state index is 13.2. The first-order chi connectivity index (χ1) is 18.1. The zero-order valence-electron chi connectivity index (χ0n) is 21.4. The van der Waals surface area contributed by atoms with Crippen LogP contribution in [-0.2, 0) is 13.2 Å². The average Bonchev–Trinajstić information content (AvgIpc) is 3.69.